The molecule has 0 spiro atoms. The summed E-state index contributed by atoms with van der Waals surface area (Å²) < 4.78 is 10.6. The van der Waals surface area contributed by atoms with E-state index in [0.29, 0.717) is 32.5 Å². The van der Waals surface area contributed by atoms with Crippen molar-refractivity contribution in [1.82, 2.24) is 4.90 Å². The minimum Gasteiger partial charge on any atom is -0.467 e. The smallest absolute Gasteiger partial charge is 0.223 e. The Labute approximate surface area is 112 Å². The van der Waals surface area contributed by atoms with E-state index < -0.39 is 0 Å². The molecule has 0 aliphatic carbocycles. The van der Waals surface area contributed by atoms with Crippen molar-refractivity contribution in [3.63, 3.8) is 0 Å². The molecule has 102 valence electrons. The Kier molecular flexibility index (Phi) is 4.80. The fourth-order valence-electron chi connectivity index (χ4n) is 1.82. The minimum absolute atomic E-state index is 0.0539. The summed E-state index contributed by atoms with van der Waals surface area (Å²) in [4.78, 5) is 13.9. The normalized spacial score (nSPS) is 10.6. The molecule has 1 amide bonds. The molecule has 5 heteroatoms. The molecule has 0 unspecified atom stereocenters. The Morgan fingerprint density at radius 3 is 2.11 bits per heavy atom. The number of furan rings is 2. The number of hydrogen-bond donors (Lipinski definition) is 1. The van der Waals surface area contributed by atoms with Crippen LogP contribution in [0.5, 0.6) is 0 Å². The highest BCUT2D eigenvalue weighted by Gasteiger charge is 2.16. The van der Waals surface area contributed by atoms with Gasteiger partial charge >= 0.3 is 0 Å². The van der Waals surface area contributed by atoms with Crippen molar-refractivity contribution in [2.24, 2.45) is 5.73 Å². The van der Waals surface area contributed by atoms with Crippen LogP contribution in [0.2, 0.25) is 0 Å². The van der Waals surface area contributed by atoms with Crippen molar-refractivity contribution in [2.75, 3.05) is 6.54 Å². The summed E-state index contributed by atoms with van der Waals surface area (Å²) in [5.41, 5.74) is 5.44. The van der Waals surface area contributed by atoms with Gasteiger partial charge < -0.3 is 19.5 Å². The molecule has 2 rings (SSSR count). The van der Waals surface area contributed by atoms with Crippen LogP contribution in [0.25, 0.3) is 0 Å². The van der Waals surface area contributed by atoms with E-state index in [2.05, 4.69) is 0 Å². The van der Waals surface area contributed by atoms with E-state index in [4.69, 9.17) is 14.6 Å². The van der Waals surface area contributed by atoms with Crippen LogP contribution in [-0.4, -0.2) is 17.4 Å². The highest BCUT2D eigenvalue weighted by Crippen LogP contribution is 2.12. The Morgan fingerprint density at radius 1 is 1.11 bits per heavy atom. The van der Waals surface area contributed by atoms with Crippen molar-refractivity contribution < 1.29 is 13.6 Å². The first-order valence-corrected chi connectivity index (χ1v) is 6.32. The summed E-state index contributed by atoms with van der Waals surface area (Å²) in [5.74, 6) is 1.57. The van der Waals surface area contributed by atoms with E-state index in [-0.39, 0.29) is 5.91 Å². The summed E-state index contributed by atoms with van der Waals surface area (Å²) in [5, 5.41) is 0. The molecule has 0 radical (unpaired) electrons. The van der Waals surface area contributed by atoms with Gasteiger partial charge in [0.05, 0.1) is 25.6 Å². The van der Waals surface area contributed by atoms with Gasteiger partial charge in [0.25, 0.3) is 0 Å². The number of amides is 1. The summed E-state index contributed by atoms with van der Waals surface area (Å²) in [6.07, 6.45) is 4.33. The molecule has 0 aliphatic heterocycles. The average molecular weight is 262 g/mol. The third kappa shape index (κ3) is 3.99. The molecule has 2 aromatic rings. The van der Waals surface area contributed by atoms with Gasteiger partial charge in [0.2, 0.25) is 5.91 Å². The SMILES string of the molecule is NCCCC(=O)N(Cc1ccco1)Cc1ccco1. The Hall–Kier alpha value is -2.01. The minimum atomic E-state index is 0.0539. The second-order valence-electron chi connectivity index (χ2n) is 4.30. The van der Waals surface area contributed by atoms with Gasteiger partial charge in [-0.3, -0.25) is 4.79 Å². The highest BCUT2D eigenvalue weighted by atomic mass is 16.3. The fraction of sp³-hybridized carbons (Fsp3) is 0.357. The van der Waals surface area contributed by atoms with Gasteiger partial charge in [0.15, 0.2) is 0 Å². The molecule has 19 heavy (non-hydrogen) atoms. The largest absolute Gasteiger partial charge is 0.467 e. The van der Waals surface area contributed by atoms with Crippen molar-refractivity contribution in [2.45, 2.75) is 25.9 Å². The molecule has 0 atom stereocenters. The summed E-state index contributed by atoms with van der Waals surface area (Å²) in [7, 11) is 0. The van der Waals surface area contributed by atoms with Gasteiger partial charge in [-0.2, -0.15) is 0 Å². The molecule has 2 N–H and O–H groups in total. The van der Waals surface area contributed by atoms with Crippen LogP contribution in [0, 0.1) is 0 Å². The van der Waals surface area contributed by atoms with Crippen molar-refractivity contribution >= 4 is 5.91 Å². The number of carbonyl (C=O) groups is 1. The second kappa shape index (κ2) is 6.80. The summed E-state index contributed by atoms with van der Waals surface area (Å²) in [6.45, 7) is 1.40. The number of carbonyl (C=O) groups excluding carboxylic acids is 1. The van der Waals surface area contributed by atoms with Crippen LogP contribution >= 0.6 is 0 Å². The lowest BCUT2D eigenvalue weighted by molar-refractivity contribution is -0.133. The predicted octanol–water partition coefficient (Wildman–Crippen LogP) is 2.14. The van der Waals surface area contributed by atoms with Crippen molar-refractivity contribution in [3.8, 4) is 0 Å². The fourth-order valence-corrected chi connectivity index (χ4v) is 1.82. The predicted molar refractivity (Wildman–Crippen MR) is 70.0 cm³/mol. The highest BCUT2D eigenvalue weighted by molar-refractivity contribution is 5.76. The zero-order valence-electron chi connectivity index (χ0n) is 10.7. The number of rotatable bonds is 7. The zero-order chi connectivity index (χ0) is 13.5. The quantitative estimate of drug-likeness (QED) is 0.829. The lowest BCUT2D eigenvalue weighted by Gasteiger charge is -2.20. The molecule has 0 aliphatic rings. The Morgan fingerprint density at radius 2 is 1.68 bits per heavy atom. The van der Waals surface area contributed by atoms with Crippen LogP contribution in [0.4, 0.5) is 0 Å². The maximum absolute atomic E-state index is 12.1. The van der Waals surface area contributed by atoms with E-state index in [1.54, 1.807) is 17.4 Å². The maximum atomic E-state index is 12.1. The zero-order valence-corrected chi connectivity index (χ0v) is 10.7. The van der Waals surface area contributed by atoms with Gasteiger partial charge in [-0.1, -0.05) is 0 Å². The van der Waals surface area contributed by atoms with Crippen LogP contribution in [-0.2, 0) is 17.9 Å². The lowest BCUT2D eigenvalue weighted by atomic mass is 10.2. The molecular weight excluding hydrogens is 244 g/mol. The van der Waals surface area contributed by atoms with Crippen molar-refractivity contribution in [3.05, 3.63) is 48.3 Å². The van der Waals surface area contributed by atoms with Crippen LogP contribution in [0.1, 0.15) is 24.4 Å². The summed E-state index contributed by atoms with van der Waals surface area (Å²) in [6, 6.07) is 7.33. The molecule has 0 saturated carbocycles. The first-order chi connectivity index (χ1) is 9.29. The van der Waals surface area contributed by atoms with Crippen molar-refractivity contribution in [1.29, 1.82) is 0 Å². The van der Waals surface area contributed by atoms with Gasteiger partial charge in [0.1, 0.15) is 11.5 Å². The van der Waals surface area contributed by atoms with E-state index in [1.807, 2.05) is 24.3 Å². The molecule has 0 bridgehead atoms. The number of nitrogens with two attached hydrogens (primary N) is 1. The topological polar surface area (TPSA) is 72.6 Å². The molecular formula is C14H18N2O3. The van der Waals surface area contributed by atoms with Crippen LogP contribution in [0.15, 0.2) is 45.6 Å². The number of hydrogen-bond acceptors (Lipinski definition) is 4. The molecule has 2 heterocycles. The summed E-state index contributed by atoms with van der Waals surface area (Å²) >= 11 is 0. The number of nitrogens with zero attached hydrogens (tertiary/aromatic N) is 1. The van der Waals surface area contributed by atoms with E-state index >= 15 is 0 Å². The van der Waals surface area contributed by atoms with Gasteiger partial charge in [0, 0.05) is 6.42 Å². The first-order valence-electron chi connectivity index (χ1n) is 6.32. The van der Waals surface area contributed by atoms with Gasteiger partial charge in [-0.15, -0.1) is 0 Å². The molecule has 0 saturated heterocycles. The monoisotopic (exact) mass is 262 g/mol. The van der Waals surface area contributed by atoms with Gasteiger partial charge in [-0.05, 0) is 37.2 Å². The molecule has 5 nitrogen and oxygen atoms in total. The van der Waals surface area contributed by atoms with E-state index in [9.17, 15) is 4.79 Å². The lowest BCUT2D eigenvalue weighted by Crippen LogP contribution is -2.30. The second-order valence-corrected chi connectivity index (χ2v) is 4.30. The van der Waals surface area contributed by atoms with Crippen LogP contribution in [0.3, 0.4) is 0 Å². The third-order valence-electron chi connectivity index (χ3n) is 2.80. The molecule has 2 aromatic heterocycles. The first kappa shape index (κ1) is 13.4. The Balaban J connectivity index is 2.01. The van der Waals surface area contributed by atoms with E-state index in [1.165, 1.54) is 0 Å². The van der Waals surface area contributed by atoms with Gasteiger partial charge in [-0.25, -0.2) is 0 Å². The Bertz CT molecular complexity index is 441. The maximum Gasteiger partial charge on any atom is 0.223 e. The van der Waals surface area contributed by atoms with E-state index in [0.717, 1.165) is 11.5 Å². The molecule has 0 fully saturated rings. The van der Waals surface area contributed by atoms with Crippen LogP contribution < -0.4 is 5.73 Å². The third-order valence-corrected chi connectivity index (χ3v) is 2.80. The molecule has 0 aromatic carbocycles. The average Bonchev–Trinajstić information content (AvgIpc) is 3.08. The standard InChI is InChI=1S/C14H18N2O3/c15-7-1-6-14(17)16(10-12-4-2-8-18-12)11-13-5-3-9-19-13/h2-5,8-9H,1,6-7,10-11,15H2.